The Morgan fingerprint density at radius 1 is 1.08 bits per heavy atom. The first-order chi connectivity index (χ1) is 12.5. The molecule has 0 heterocycles. The molecule has 0 amide bonds. The molecular formula is C21H17NO4. The second kappa shape index (κ2) is 9.00. The summed E-state index contributed by atoms with van der Waals surface area (Å²) in [4.78, 5) is 23.4. The van der Waals surface area contributed by atoms with Gasteiger partial charge in [0.1, 0.15) is 17.4 Å². The van der Waals surface area contributed by atoms with Crippen molar-refractivity contribution in [3.05, 3.63) is 76.9 Å². The summed E-state index contributed by atoms with van der Waals surface area (Å²) >= 11 is 0. The van der Waals surface area contributed by atoms with Crippen molar-refractivity contribution in [1.82, 2.24) is 0 Å². The van der Waals surface area contributed by atoms with Crippen LogP contribution in [0.4, 0.5) is 0 Å². The van der Waals surface area contributed by atoms with Crippen LogP contribution in [-0.2, 0) is 14.3 Å². The topological polar surface area (TPSA) is 76.4 Å². The van der Waals surface area contributed by atoms with Crippen molar-refractivity contribution < 1.29 is 19.1 Å². The zero-order chi connectivity index (χ0) is 18.9. The first-order valence-corrected chi connectivity index (χ1v) is 7.78. The van der Waals surface area contributed by atoms with Crippen molar-refractivity contribution in [2.45, 2.75) is 6.92 Å². The van der Waals surface area contributed by atoms with Crippen molar-refractivity contribution in [3.63, 3.8) is 0 Å². The Labute approximate surface area is 151 Å². The second-order valence-corrected chi connectivity index (χ2v) is 5.40. The van der Waals surface area contributed by atoms with Crippen molar-refractivity contribution in [1.29, 1.82) is 5.26 Å². The van der Waals surface area contributed by atoms with Gasteiger partial charge < -0.3 is 9.47 Å². The van der Waals surface area contributed by atoms with Crippen LogP contribution in [0, 0.1) is 18.3 Å². The molecule has 130 valence electrons. The zero-order valence-electron chi connectivity index (χ0n) is 14.4. The number of ether oxygens (including phenoxy) is 2. The number of nitrogens with zero attached hydrogens (tertiary/aromatic N) is 1. The highest BCUT2D eigenvalue weighted by Gasteiger charge is 2.09. The predicted octanol–water partition coefficient (Wildman–Crippen LogP) is 3.69. The average molecular weight is 347 g/mol. The standard InChI is InChI=1S/C21H17NO4/c1-15-6-8-16(9-7-15)10-11-20(23)26-19-5-3-4-17(13-19)12-18(14-22)21(24)25-2/h3-13H,1-2H3/b11-10+,18-12+. The van der Waals surface area contributed by atoms with Crippen molar-refractivity contribution >= 4 is 24.1 Å². The van der Waals surface area contributed by atoms with Crippen LogP contribution in [0.3, 0.4) is 0 Å². The summed E-state index contributed by atoms with van der Waals surface area (Å²) in [7, 11) is 1.20. The van der Waals surface area contributed by atoms with Crippen LogP contribution in [0.5, 0.6) is 5.75 Å². The third-order valence-corrected chi connectivity index (χ3v) is 3.40. The predicted molar refractivity (Wildman–Crippen MR) is 97.9 cm³/mol. The molecule has 2 aromatic rings. The van der Waals surface area contributed by atoms with Gasteiger partial charge in [-0.1, -0.05) is 42.0 Å². The molecule has 0 radical (unpaired) electrons. The summed E-state index contributed by atoms with van der Waals surface area (Å²) in [6.45, 7) is 1.99. The van der Waals surface area contributed by atoms with Gasteiger partial charge in [0.15, 0.2) is 0 Å². The number of hydrogen-bond acceptors (Lipinski definition) is 5. The van der Waals surface area contributed by atoms with E-state index in [9.17, 15) is 9.59 Å². The lowest BCUT2D eigenvalue weighted by atomic mass is 10.1. The number of carbonyl (C=O) groups is 2. The van der Waals surface area contributed by atoms with Crippen molar-refractivity contribution in [3.8, 4) is 11.8 Å². The summed E-state index contributed by atoms with van der Waals surface area (Å²) in [6.07, 6.45) is 4.37. The van der Waals surface area contributed by atoms with Crippen LogP contribution in [0.15, 0.2) is 60.2 Å². The minimum Gasteiger partial charge on any atom is -0.465 e. The van der Waals surface area contributed by atoms with Crippen LogP contribution >= 0.6 is 0 Å². The quantitative estimate of drug-likeness (QED) is 0.357. The monoisotopic (exact) mass is 347 g/mol. The summed E-state index contributed by atoms with van der Waals surface area (Å²) in [5.41, 5.74) is 2.43. The second-order valence-electron chi connectivity index (χ2n) is 5.40. The molecular weight excluding hydrogens is 330 g/mol. The minimum atomic E-state index is -0.726. The third kappa shape index (κ3) is 5.46. The number of methoxy groups -OCH3 is 1. The molecule has 0 aliphatic carbocycles. The molecule has 0 aliphatic rings. The van der Waals surface area contributed by atoms with Gasteiger partial charge in [-0.25, -0.2) is 9.59 Å². The van der Waals surface area contributed by atoms with E-state index in [1.807, 2.05) is 31.2 Å². The molecule has 0 aromatic heterocycles. The van der Waals surface area contributed by atoms with Crippen LogP contribution < -0.4 is 4.74 Å². The molecule has 0 aliphatic heterocycles. The van der Waals surface area contributed by atoms with Gasteiger partial charge in [0.25, 0.3) is 0 Å². The van der Waals surface area contributed by atoms with Crippen molar-refractivity contribution in [2.75, 3.05) is 7.11 Å². The lowest BCUT2D eigenvalue weighted by Gasteiger charge is -2.03. The Kier molecular flexibility index (Phi) is 6.47. The van der Waals surface area contributed by atoms with Crippen molar-refractivity contribution in [2.24, 2.45) is 0 Å². The highest BCUT2D eigenvalue weighted by Crippen LogP contribution is 2.17. The van der Waals surface area contributed by atoms with E-state index in [1.54, 1.807) is 36.4 Å². The van der Waals surface area contributed by atoms with Gasteiger partial charge in [-0.3, -0.25) is 0 Å². The summed E-state index contributed by atoms with van der Waals surface area (Å²) in [6, 6.07) is 16.0. The maximum Gasteiger partial charge on any atom is 0.348 e. The molecule has 2 rings (SSSR count). The lowest BCUT2D eigenvalue weighted by molar-refractivity contribution is -0.135. The van der Waals surface area contributed by atoms with Gasteiger partial charge >= 0.3 is 11.9 Å². The summed E-state index contributed by atoms with van der Waals surface area (Å²) in [5, 5.41) is 8.99. The first-order valence-electron chi connectivity index (χ1n) is 7.78. The number of esters is 2. The fourth-order valence-corrected chi connectivity index (χ4v) is 2.07. The number of carbonyl (C=O) groups excluding carboxylic acids is 2. The van der Waals surface area contributed by atoms with Gasteiger partial charge in [0.2, 0.25) is 0 Å². The Hall–Kier alpha value is -3.65. The Morgan fingerprint density at radius 3 is 2.46 bits per heavy atom. The summed E-state index contributed by atoms with van der Waals surface area (Å²) < 4.78 is 9.78. The van der Waals surface area contributed by atoms with E-state index in [1.165, 1.54) is 19.3 Å². The Balaban J connectivity index is 2.09. The van der Waals surface area contributed by atoms with Crippen LogP contribution in [0.2, 0.25) is 0 Å². The van der Waals surface area contributed by atoms with Gasteiger partial charge in [-0.05, 0) is 42.3 Å². The van der Waals surface area contributed by atoms with Crippen LogP contribution in [0.1, 0.15) is 16.7 Å². The maximum atomic E-state index is 11.9. The Morgan fingerprint density at radius 2 is 1.81 bits per heavy atom. The molecule has 0 atom stereocenters. The number of benzene rings is 2. The van der Waals surface area contributed by atoms with E-state index in [-0.39, 0.29) is 5.57 Å². The lowest BCUT2D eigenvalue weighted by Crippen LogP contribution is -2.04. The van der Waals surface area contributed by atoms with E-state index in [4.69, 9.17) is 10.00 Å². The van der Waals surface area contributed by atoms with E-state index in [0.29, 0.717) is 11.3 Å². The van der Waals surface area contributed by atoms with E-state index < -0.39 is 11.9 Å². The summed E-state index contributed by atoms with van der Waals surface area (Å²) in [5.74, 6) is -0.949. The van der Waals surface area contributed by atoms with Gasteiger partial charge in [-0.2, -0.15) is 5.26 Å². The van der Waals surface area contributed by atoms with E-state index in [2.05, 4.69) is 4.74 Å². The number of rotatable bonds is 5. The number of nitriles is 1. The smallest absolute Gasteiger partial charge is 0.348 e. The SMILES string of the molecule is COC(=O)/C(C#N)=C/c1cccc(OC(=O)/C=C/c2ccc(C)cc2)c1. The van der Waals surface area contributed by atoms with Gasteiger partial charge in [0, 0.05) is 6.08 Å². The molecule has 0 fully saturated rings. The zero-order valence-corrected chi connectivity index (χ0v) is 14.4. The van der Waals surface area contributed by atoms with Gasteiger partial charge in [-0.15, -0.1) is 0 Å². The fraction of sp³-hybridized carbons (Fsp3) is 0.0952. The molecule has 0 N–H and O–H groups in total. The number of aryl methyl sites for hydroxylation is 1. The normalized spacial score (nSPS) is 11.0. The van der Waals surface area contributed by atoms with E-state index in [0.717, 1.165) is 11.1 Å². The largest absolute Gasteiger partial charge is 0.465 e. The fourth-order valence-electron chi connectivity index (χ4n) is 2.07. The molecule has 26 heavy (non-hydrogen) atoms. The maximum absolute atomic E-state index is 11.9. The molecule has 2 aromatic carbocycles. The average Bonchev–Trinajstić information content (AvgIpc) is 2.65. The molecule has 0 saturated carbocycles. The van der Waals surface area contributed by atoms with Crippen LogP contribution in [-0.4, -0.2) is 19.0 Å². The molecule has 0 saturated heterocycles. The molecule has 5 heteroatoms. The molecule has 0 unspecified atom stereocenters. The van der Waals surface area contributed by atoms with E-state index >= 15 is 0 Å². The number of hydrogen-bond donors (Lipinski definition) is 0. The van der Waals surface area contributed by atoms with Gasteiger partial charge in [0.05, 0.1) is 7.11 Å². The highest BCUT2D eigenvalue weighted by atomic mass is 16.5. The molecule has 5 nitrogen and oxygen atoms in total. The highest BCUT2D eigenvalue weighted by molar-refractivity contribution is 5.97. The minimum absolute atomic E-state index is 0.143. The molecule has 0 bridgehead atoms. The van der Waals surface area contributed by atoms with Crippen LogP contribution in [0.25, 0.3) is 12.2 Å². The first kappa shape index (κ1) is 18.7. The molecule has 0 spiro atoms. The Bertz CT molecular complexity index is 902. The third-order valence-electron chi connectivity index (χ3n) is 3.40.